The zero-order chi connectivity index (χ0) is 16.1. The van der Waals surface area contributed by atoms with Gasteiger partial charge in [-0.2, -0.15) is 11.3 Å². The van der Waals surface area contributed by atoms with Crippen LogP contribution in [0, 0.1) is 0 Å². The molecule has 0 unspecified atom stereocenters. The lowest BCUT2D eigenvalue weighted by Gasteiger charge is -2.34. The van der Waals surface area contributed by atoms with E-state index in [2.05, 4.69) is 37.7 Å². The van der Waals surface area contributed by atoms with Gasteiger partial charge in [-0.15, -0.1) is 0 Å². The number of rotatable bonds is 4. The van der Waals surface area contributed by atoms with Crippen LogP contribution in [-0.4, -0.2) is 41.9 Å². The van der Waals surface area contributed by atoms with Crippen molar-refractivity contribution in [2.24, 2.45) is 0 Å². The highest BCUT2D eigenvalue weighted by Gasteiger charge is 2.19. The second-order valence-corrected chi connectivity index (χ2v) is 7.32. The zero-order valence-electron chi connectivity index (χ0n) is 12.8. The first kappa shape index (κ1) is 16.4. The van der Waals surface area contributed by atoms with Crippen LogP contribution in [0.4, 0.5) is 0 Å². The predicted octanol–water partition coefficient (Wildman–Crippen LogP) is 3.87. The van der Waals surface area contributed by atoms with Crippen molar-refractivity contribution in [3.63, 3.8) is 0 Å². The number of hydrogen-bond donors (Lipinski definition) is 0. The SMILES string of the molecule is O=C(/C=C/c1cccc(Br)c1)N1CCN(Cc2ccsc2)CC1. The summed E-state index contributed by atoms with van der Waals surface area (Å²) in [6, 6.07) is 10.1. The molecule has 2 aromatic rings. The fourth-order valence-corrected chi connectivity index (χ4v) is 3.73. The molecule has 0 aliphatic carbocycles. The summed E-state index contributed by atoms with van der Waals surface area (Å²) in [5.74, 6) is 0.0974. The molecule has 0 saturated carbocycles. The minimum atomic E-state index is 0.0974. The summed E-state index contributed by atoms with van der Waals surface area (Å²) < 4.78 is 1.02. The largest absolute Gasteiger partial charge is 0.337 e. The molecule has 3 rings (SSSR count). The highest BCUT2D eigenvalue weighted by Crippen LogP contribution is 2.14. The van der Waals surface area contributed by atoms with Crippen LogP contribution >= 0.6 is 27.3 Å². The van der Waals surface area contributed by atoms with Gasteiger partial charge in [0.15, 0.2) is 0 Å². The maximum absolute atomic E-state index is 12.3. The van der Waals surface area contributed by atoms with E-state index < -0.39 is 0 Å². The molecule has 3 nitrogen and oxygen atoms in total. The first-order valence-corrected chi connectivity index (χ1v) is 9.40. The zero-order valence-corrected chi connectivity index (χ0v) is 15.2. The van der Waals surface area contributed by atoms with Crippen molar-refractivity contribution in [2.45, 2.75) is 6.54 Å². The Labute approximate surface area is 149 Å². The van der Waals surface area contributed by atoms with E-state index in [1.807, 2.05) is 35.2 Å². The number of amides is 1. The first-order valence-electron chi connectivity index (χ1n) is 7.67. The van der Waals surface area contributed by atoms with Crippen LogP contribution < -0.4 is 0 Å². The van der Waals surface area contributed by atoms with Crippen molar-refractivity contribution in [1.82, 2.24) is 9.80 Å². The van der Waals surface area contributed by atoms with Gasteiger partial charge in [-0.05, 0) is 46.2 Å². The number of piperazine rings is 1. The molecule has 0 spiro atoms. The number of benzene rings is 1. The molecule has 2 heterocycles. The molecule has 1 saturated heterocycles. The van der Waals surface area contributed by atoms with Gasteiger partial charge in [-0.3, -0.25) is 9.69 Å². The van der Waals surface area contributed by atoms with Crippen LogP contribution in [0.3, 0.4) is 0 Å². The van der Waals surface area contributed by atoms with Crippen LogP contribution in [0.15, 0.2) is 51.6 Å². The Hall–Kier alpha value is -1.43. The van der Waals surface area contributed by atoms with Crippen LogP contribution in [0.1, 0.15) is 11.1 Å². The average molecular weight is 391 g/mol. The van der Waals surface area contributed by atoms with E-state index in [1.165, 1.54) is 5.56 Å². The molecule has 1 aromatic carbocycles. The summed E-state index contributed by atoms with van der Waals surface area (Å²) in [7, 11) is 0. The molecular formula is C18H19BrN2OS. The van der Waals surface area contributed by atoms with Gasteiger partial charge >= 0.3 is 0 Å². The molecule has 0 atom stereocenters. The summed E-state index contributed by atoms with van der Waals surface area (Å²) in [5, 5.41) is 4.31. The third kappa shape index (κ3) is 4.77. The molecule has 1 fully saturated rings. The van der Waals surface area contributed by atoms with E-state index in [0.717, 1.165) is 42.8 Å². The average Bonchev–Trinajstić information content (AvgIpc) is 3.06. The molecule has 0 N–H and O–H groups in total. The van der Waals surface area contributed by atoms with E-state index in [1.54, 1.807) is 17.4 Å². The quantitative estimate of drug-likeness (QED) is 0.739. The number of hydrogen-bond acceptors (Lipinski definition) is 3. The number of thiophene rings is 1. The second kappa shape index (κ2) is 7.90. The molecule has 1 aliphatic rings. The lowest BCUT2D eigenvalue weighted by molar-refractivity contribution is -0.127. The Kier molecular flexibility index (Phi) is 5.65. The Morgan fingerprint density at radius 3 is 2.74 bits per heavy atom. The van der Waals surface area contributed by atoms with Gasteiger partial charge in [0.25, 0.3) is 0 Å². The first-order chi connectivity index (χ1) is 11.2. The van der Waals surface area contributed by atoms with Crippen LogP contribution in [0.25, 0.3) is 6.08 Å². The van der Waals surface area contributed by atoms with Crippen molar-refractivity contribution >= 4 is 39.2 Å². The lowest BCUT2D eigenvalue weighted by atomic mass is 10.2. The standard InChI is InChI=1S/C18H19BrN2OS/c19-17-3-1-2-15(12-17)4-5-18(22)21-9-7-20(8-10-21)13-16-6-11-23-14-16/h1-6,11-12,14H,7-10,13H2/b5-4+. The minimum absolute atomic E-state index is 0.0974. The van der Waals surface area contributed by atoms with E-state index >= 15 is 0 Å². The Morgan fingerprint density at radius 2 is 2.04 bits per heavy atom. The Bertz CT molecular complexity index is 676. The number of carbonyl (C=O) groups excluding carboxylic acids is 1. The molecule has 1 aliphatic heterocycles. The number of carbonyl (C=O) groups is 1. The van der Waals surface area contributed by atoms with E-state index in [9.17, 15) is 4.79 Å². The number of halogens is 1. The molecule has 0 radical (unpaired) electrons. The second-order valence-electron chi connectivity index (χ2n) is 5.62. The van der Waals surface area contributed by atoms with Crippen molar-refractivity contribution in [1.29, 1.82) is 0 Å². The van der Waals surface area contributed by atoms with Crippen LogP contribution in [-0.2, 0) is 11.3 Å². The van der Waals surface area contributed by atoms with Crippen molar-refractivity contribution in [3.05, 3.63) is 62.8 Å². The van der Waals surface area contributed by atoms with Gasteiger partial charge < -0.3 is 4.90 Å². The molecule has 1 aromatic heterocycles. The van der Waals surface area contributed by atoms with Gasteiger partial charge in [-0.1, -0.05) is 28.1 Å². The third-order valence-electron chi connectivity index (χ3n) is 3.94. The van der Waals surface area contributed by atoms with Gasteiger partial charge in [0, 0.05) is 43.3 Å². The van der Waals surface area contributed by atoms with Gasteiger partial charge in [0.05, 0.1) is 0 Å². The smallest absolute Gasteiger partial charge is 0.246 e. The summed E-state index contributed by atoms with van der Waals surface area (Å²) in [6.07, 6.45) is 3.56. The number of nitrogens with zero attached hydrogens (tertiary/aromatic N) is 2. The molecule has 23 heavy (non-hydrogen) atoms. The van der Waals surface area contributed by atoms with E-state index in [-0.39, 0.29) is 5.91 Å². The molecule has 5 heteroatoms. The van der Waals surface area contributed by atoms with Crippen molar-refractivity contribution in [3.8, 4) is 0 Å². The summed E-state index contributed by atoms with van der Waals surface area (Å²) in [5.41, 5.74) is 2.40. The van der Waals surface area contributed by atoms with Crippen LogP contribution in [0.5, 0.6) is 0 Å². The van der Waals surface area contributed by atoms with Gasteiger partial charge in [-0.25, -0.2) is 0 Å². The van der Waals surface area contributed by atoms with E-state index in [4.69, 9.17) is 0 Å². The molecule has 120 valence electrons. The van der Waals surface area contributed by atoms with Crippen molar-refractivity contribution in [2.75, 3.05) is 26.2 Å². The van der Waals surface area contributed by atoms with Gasteiger partial charge in [0.1, 0.15) is 0 Å². The maximum atomic E-state index is 12.3. The van der Waals surface area contributed by atoms with E-state index in [0.29, 0.717) is 0 Å². The van der Waals surface area contributed by atoms with Crippen molar-refractivity contribution < 1.29 is 4.79 Å². The molecule has 1 amide bonds. The fourth-order valence-electron chi connectivity index (χ4n) is 2.65. The lowest BCUT2D eigenvalue weighted by Crippen LogP contribution is -2.47. The molecule has 0 bridgehead atoms. The highest BCUT2D eigenvalue weighted by atomic mass is 79.9. The summed E-state index contributed by atoms with van der Waals surface area (Å²) in [4.78, 5) is 16.6. The monoisotopic (exact) mass is 390 g/mol. The predicted molar refractivity (Wildman–Crippen MR) is 99.4 cm³/mol. The van der Waals surface area contributed by atoms with Gasteiger partial charge in [0.2, 0.25) is 5.91 Å². The normalized spacial score (nSPS) is 16.1. The Balaban J connectivity index is 1.50. The summed E-state index contributed by atoms with van der Waals surface area (Å²) in [6.45, 7) is 4.45. The highest BCUT2D eigenvalue weighted by molar-refractivity contribution is 9.10. The maximum Gasteiger partial charge on any atom is 0.246 e. The fraction of sp³-hybridized carbons (Fsp3) is 0.278. The topological polar surface area (TPSA) is 23.6 Å². The Morgan fingerprint density at radius 1 is 1.22 bits per heavy atom. The third-order valence-corrected chi connectivity index (χ3v) is 5.16. The van der Waals surface area contributed by atoms with Crippen LogP contribution in [0.2, 0.25) is 0 Å². The summed E-state index contributed by atoms with van der Waals surface area (Å²) >= 11 is 5.18. The molecular weight excluding hydrogens is 372 g/mol. The minimum Gasteiger partial charge on any atom is -0.337 e.